The highest BCUT2D eigenvalue weighted by molar-refractivity contribution is 7.10. The molecule has 4 rings (SSSR count). The van der Waals surface area contributed by atoms with Gasteiger partial charge in [0.05, 0.1) is 32.3 Å². The number of rotatable bonds is 8. The number of carbonyl (C=O) groups is 2. The van der Waals surface area contributed by atoms with Gasteiger partial charge in [-0.3, -0.25) is 4.79 Å². The maximum Gasteiger partial charge on any atom is 0.336 e. The number of ether oxygens (including phenoxy) is 3. The number of carbonyl (C=O) groups excluding carboxylic acids is 2. The zero-order chi connectivity index (χ0) is 24.2. The maximum absolute atomic E-state index is 13.6. The summed E-state index contributed by atoms with van der Waals surface area (Å²) in [7, 11) is 3.22. The summed E-state index contributed by atoms with van der Waals surface area (Å²) in [4.78, 5) is 27.7. The molecule has 0 unspecified atom stereocenters. The van der Waals surface area contributed by atoms with Gasteiger partial charge in [0.25, 0.3) is 0 Å². The fourth-order valence-corrected chi connectivity index (χ4v) is 5.62. The number of methoxy groups -OCH3 is 2. The van der Waals surface area contributed by atoms with Crippen LogP contribution in [0.4, 0.5) is 0 Å². The molecule has 0 radical (unpaired) electrons. The molecular formula is C27H31NO5S. The normalized spacial score (nSPS) is 20.1. The van der Waals surface area contributed by atoms with E-state index in [9.17, 15) is 9.59 Å². The Morgan fingerprint density at radius 3 is 2.62 bits per heavy atom. The molecule has 1 aromatic heterocycles. The van der Waals surface area contributed by atoms with E-state index in [-0.39, 0.29) is 17.7 Å². The first kappa shape index (κ1) is 24.1. The van der Waals surface area contributed by atoms with Crippen LogP contribution in [0.15, 0.2) is 58.3 Å². The molecule has 34 heavy (non-hydrogen) atoms. The SMILES string of the molecule is CCCCOC(=O)C1=C(C)NC2=C(C(=O)C[C@@H](c3ccc(OC)c(OC)c3)C2)[C@@H]1c1cccs1. The van der Waals surface area contributed by atoms with Gasteiger partial charge in [-0.25, -0.2) is 4.79 Å². The third-order valence-electron chi connectivity index (χ3n) is 6.49. The number of esters is 1. The van der Waals surface area contributed by atoms with Gasteiger partial charge in [-0.1, -0.05) is 25.5 Å². The molecule has 6 nitrogen and oxygen atoms in total. The van der Waals surface area contributed by atoms with Crippen molar-refractivity contribution in [2.75, 3.05) is 20.8 Å². The molecular weight excluding hydrogens is 450 g/mol. The lowest BCUT2D eigenvalue weighted by atomic mass is 9.73. The monoisotopic (exact) mass is 481 g/mol. The van der Waals surface area contributed by atoms with Crippen molar-refractivity contribution >= 4 is 23.1 Å². The van der Waals surface area contributed by atoms with Gasteiger partial charge in [0, 0.05) is 28.3 Å². The van der Waals surface area contributed by atoms with Crippen LogP contribution in [-0.2, 0) is 14.3 Å². The van der Waals surface area contributed by atoms with E-state index in [0.717, 1.165) is 34.7 Å². The molecule has 0 amide bonds. The molecule has 1 aliphatic carbocycles. The standard InChI is InChI=1S/C27H31NO5S/c1-5-6-11-33-27(30)24-16(2)28-19-13-18(17-9-10-21(31-3)22(15-17)32-4)14-20(29)25(19)26(24)23-8-7-12-34-23/h7-10,12,15,18,26,28H,5-6,11,13-14H2,1-4H3/t18-,26+/m0/s1. The van der Waals surface area contributed by atoms with Crippen molar-refractivity contribution in [1.29, 1.82) is 0 Å². The Kier molecular flexibility index (Phi) is 7.41. The first-order chi connectivity index (χ1) is 16.5. The van der Waals surface area contributed by atoms with Crippen LogP contribution in [0.3, 0.4) is 0 Å². The molecule has 0 saturated carbocycles. The Labute approximate surface area is 204 Å². The van der Waals surface area contributed by atoms with E-state index in [1.54, 1.807) is 25.6 Å². The Balaban J connectivity index is 1.69. The van der Waals surface area contributed by atoms with Crippen molar-refractivity contribution in [2.45, 2.75) is 51.4 Å². The summed E-state index contributed by atoms with van der Waals surface area (Å²) in [6.45, 7) is 4.33. The van der Waals surface area contributed by atoms with E-state index in [0.29, 0.717) is 42.1 Å². The number of nitrogens with one attached hydrogen (secondary N) is 1. The van der Waals surface area contributed by atoms with Gasteiger partial charge < -0.3 is 19.5 Å². The smallest absolute Gasteiger partial charge is 0.336 e. The zero-order valence-electron chi connectivity index (χ0n) is 20.1. The van der Waals surface area contributed by atoms with Crippen LogP contribution in [0.25, 0.3) is 0 Å². The minimum Gasteiger partial charge on any atom is -0.493 e. The lowest BCUT2D eigenvalue weighted by molar-refractivity contribution is -0.139. The van der Waals surface area contributed by atoms with E-state index in [4.69, 9.17) is 14.2 Å². The third kappa shape index (κ3) is 4.62. The largest absolute Gasteiger partial charge is 0.493 e. The first-order valence-electron chi connectivity index (χ1n) is 11.6. The summed E-state index contributed by atoms with van der Waals surface area (Å²) in [6.07, 6.45) is 2.81. The van der Waals surface area contributed by atoms with Gasteiger partial charge in [-0.05, 0) is 54.8 Å². The van der Waals surface area contributed by atoms with E-state index in [1.807, 2.05) is 42.6 Å². The molecule has 0 bridgehead atoms. The average molecular weight is 482 g/mol. The van der Waals surface area contributed by atoms with Crippen LogP contribution in [-0.4, -0.2) is 32.6 Å². The molecule has 2 heterocycles. The molecule has 0 saturated heterocycles. The average Bonchev–Trinajstić information content (AvgIpc) is 3.37. The van der Waals surface area contributed by atoms with Crippen molar-refractivity contribution in [2.24, 2.45) is 0 Å². The highest BCUT2D eigenvalue weighted by atomic mass is 32.1. The molecule has 1 aliphatic heterocycles. The predicted molar refractivity (Wildman–Crippen MR) is 132 cm³/mol. The molecule has 2 atom stereocenters. The van der Waals surface area contributed by atoms with Crippen molar-refractivity contribution < 1.29 is 23.8 Å². The highest BCUT2D eigenvalue weighted by Crippen LogP contribution is 2.47. The van der Waals surface area contributed by atoms with Gasteiger partial charge >= 0.3 is 5.97 Å². The molecule has 0 spiro atoms. The summed E-state index contributed by atoms with van der Waals surface area (Å²) in [6, 6.07) is 9.76. The second-order valence-electron chi connectivity index (χ2n) is 8.64. The number of unbranched alkanes of at least 4 members (excludes halogenated alkanes) is 1. The first-order valence-corrected chi connectivity index (χ1v) is 12.5. The maximum atomic E-state index is 13.6. The summed E-state index contributed by atoms with van der Waals surface area (Å²) < 4.78 is 16.4. The van der Waals surface area contributed by atoms with Crippen LogP contribution >= 0.6 is 11.3 Å². The molecule has 2 aliphatic rings. The number of Topliss-reactive ketones (excluding diaryl/α,β-unsaturated/α-hetero) is 1. The van der Waals surface area contributed by atoms with Gasteiger partial charge in [-0.15, -0.1) is 11.3 Å². The van der Waals surface area contributed by atoms with Gasteiger partial charge in [0.2, 0.25) is 0 Å². The van der Waals surface area contributed by atoms with Crippen LogP contribution in [0.5, 0.6) is 11.5 Å². The van der Waals surface area contributed by atoms with E-state index in [2.05, 4.69) is 12.2 Å². The van der Waals surface area contributed by atoms with Crippen molar-refractivity contribution in [3.05, 3.63) is 68.7 Å². The van der Waals surface area contributed by atoms with E-state index >= 15 is 0 Å². The summed E-state index contributed by atoms with van der Waals surface area (Å²) in [5.41, 5.74) is 3.89. The number of ketones is 1. The molecule has 7 heteroatoms. The number of allylic oxidation sites excluding steroid dienone is 3. The second-order valence-corrected chi connectivity index (χ2v) is 9.62. The number of dihydropyridines is 1. The summed E-state index contributed by atoms with van der Waals surface area (Å²) in [5.74, 6) is 0.620. The second kappa shape index (κ2) is 10.5. The predicted octanol–water partition coefficient (Wildman–Crippen LogP) is 5.47. The van der Waals surface area contributed by atoms with E-state index < -0.39 is 5.92 Å². The third-order valence-corrected chi connectivity index (χ3v) is 7.42. The van der Waals surface area contributed by atoms with Crippen molar-refractivity contribution in [1.82, 2.24) is 5.32 Å². The number of benzene rings is 1. The number of thiophene rings is 1. The molecule has 1 N–H and O–H groups in total. The summed E-state index contributed by atoms with van der Waals surface area (Å²) >= 11 is 1.56. The Hall–Kier alpha value is -3.06. The molecule has 180 valence electrons. The van der Waals surface area contributed by atoms with Crippen LogP contribution in [0.1, 0.15) is 61.8 Å². The lowest BCUT2D eigenvalue weighted by Crippen LogP contribution is -2.36. The zero-order valence-corrected chi connectivity index (χ0v) is 20.9. The fourth-order valence-electron chi connectivity index (χ4n) is 4.78. The minimum absolute atomic E-state index is 0.00778. The van der Waals surface area contributed by atoms with Crippen LogP contribution in [0.2, 0.25) is 0 Å². The molecule has 1 aromatic carbocycles. The van der Waals surface area contributed by atoms with Gasteiger partial charge in [-0.2, -0.15) is 0 Å². The van der Waals surface area contributed by atoms with Crippen LogP contribution < -0.4 is 14.8 Å². The topological polar surface area (TPSA) is 73.9 Å². The lowest BCUT2D eigenvalue weighted by Gasteiger charge is -2.36. The number of hydrogen-bond donors (Lipinski definition) is 1. The Bertz CT molecular complexity index is 1130. The Morgan fingerprint density at radius 1 is 1.15 bits per heavy atom. The fraction of sp³-hybridized carbons (Fsp3) is 0.407. The van der Waals surface area contributed by atoms with Crippen molar-refractivity contribution in [3.63, 3.8) is 0 Å². The van der Waals surface area contributed by atoms with Crippen molar-refractivity contribution in [3.8, 4) is 11.5 Å². The van der Waals surface area contributed by atoms with Gasteiger partial charge in [0.15, 0.2) is 17.3 Å². The summed E-state index contributed by atoms with van der Waals surface area (Å²) in [5, 5.41) is 5.38. The quantitative estimate of drug-likeness (QED) is 0.398. The minimum atomic E-state index is -0.399. The molecule has 2 aromatic rings. The Morgan fingerprint density at radius 2 is 1.94 bits per heavy atom. The van der Waals surface area contributed by atoms with E-state index in [1.165, 1.54) is 0 Å². The highest BCUT2D eigenvalue weighted by Gasteiger charge is 2.41. The van der Waals surface area contributed by atoms with Gasteiger partial charge in [0.1, 0.15) is 0 Å². The molecule has 0 fully saturated rings. The number of hydrogen-bond acceptors (Lipinski definition) is 7. The van der Waals surface area contributed by atoms with Crippen LogP contribution in [0, 0.1) is 0 Å².